The summed E-state index contributed by atoms with van der Waals surface area (Å²) in [5, 5.41) is 2.98. The molecule has 0 aliphatic heterocycles. The predicted molar refractivity (Wildman–Crippen MR) is 101 cm³/mol. The van der Waals surface area contributed by atoms with Crippen LogP contribution in [0.15, 0.2) is 60.2 Å². The number of pyridine rings is 1. The summed E-state index contributed by atoms with van der Waals surface area (Å²) in [6.45, 7) is 3.39. The van der Waals surface area contributed by atoms with Gasteiger partial charge in [-0.05, 0) is 31.0 Å². The van der Waals surface area contributed by atoms with E-state index >= 15 is 0 Å². The fourth-order valence-corrected chi connectivity index (χ4v) is 3.46. The van der Waals surface area contributed by atoms with Crippen molar-refractivity contribution in [2.75, 3.05) is 6.54 Å². The first kappa shape index (κ1) is 17.3. The van der Waals surface area contributed by atoms with Gasteiger partial charge in [0, 0.05) is 42.8 Å². The lowest BCUT2D eigenvalue weighted by molar-refractivity contribution is -0.131. The summed E-state index contributed by atoms with van der Waals surface area (Å²) < 4.78 is 0. The Labute approximate surface area is 152 Å². The number of rotatable bonds is 7. The number of nitrogens with zero attached hydrogens (tertiary/aromatic N) is 3. The van der Waals surface area contributed by atoms with Crippen molar-refractivity contribution in [3.8, 4) is 10.6 Å². The SMILES string of the molecule is CCN(Cc1ccccc1)C(=O)CCc1csc(-c2cccnc2)n1. The first-order chi connectivity index (χ1) is 12.3. The van der Waals surface area contributed by atoms with Gasteiger partial charge in [-0.25, -0.2) is 4.98 Å². The largest absolute Gasteiger partial charge is 0.339 e. The summed E-state index contributed by atoms with van der Waals surface area (Å²) >= 11 is 1.60. The van der Waals surface area contributed by atoms with Gasteiger partial charge in [-0.15, -0.1) is 11.3 Å². The van der Waals surface area contributed by atoms with Crippen LogP contribution in [0, 0.1) is 0 Å². The molecule has 1 amide bonds. The number of thiazole rings is 1. The Bertz CT molecular complexity index is 802. The van der Waals surface area contributed by atoms with Gasteiger partial charge in [-0.1, -0.05) is 30.3 Å². The molecule has 4 nitrogen and oxygen atoms in total. The summed E-state index contributed by atoms with van der Waals surface area (Å²) in [4.78, 5) is 23.2. The lowest BCUT2D eigenvalue weighted by atomic mass is 10.2. The Morgan fingerprint density at radius 2 is 2.00 bits per heavy atom. The molecular weight excluding hydrogens is 330 g/mol. The number of benzene rings is 1. The number of aryl methyl sites for hydroxylation is 1. The van der Waals surface area contributed by atoms with E-state index in [0.29, 0.717) is 25.9 Å². The fourth-order valence-electron chi connectivity index (χ4n) is 2.62. The number of hydrogen-bond acceptors (Lipinski definition) is 4. The zero-order valence-corrected chi connectivity index (χ0v) is 15.1. The number of amides is 1. The van der Waals surface area contributed by atoms with Crippen LogP contribution in [0.5, 0.6) is 0 Å². The Morgan fingerprint density at radius 3 is 2.72 bits per heavy atom. The molecule has 0 saturated heterocycles. The van der Waals surface area contributed by atoms with Gasteiger partial charge in [0.15, 0.2) is 0 Å². The smallest absolute Gasteiger partial charge is 0.223 e. The minimum atomic E-state index is 0.169. The van der Waals surface area contributed by atoms with Gasteiger partial charge in [0.25, 0.3) is 0 Å². The van der Waals surface area contributed by atoms with E-state index in [2.05, 4.69) is 22.1 Å². The highest BCUT2D eigenvalue weighted by atomic mass is 32.1. The van der Waals surface area contributed by atoms with Gasteiger partial charge in [-0.2, -0.15) is 0 Å². The summed E-state index contributed by atoms with van der Waals surface area (Å²) in [5.74, 6) is 0.169. The molecule has 25 heavy (non-hydrogen) atoms. The van der Waals surface area contributed by atoms with Crippen molar-refractivity contribution in [1.29, 1.82) is 0 Å². The normalized spacial score (nSPS) is 10.6. The monoisotopic (exact) mass is 351 g/mol. The second-order valence-electron chi connectivity index (χ2n) is 5.78. The molecule has 0 radical (unpaired) electrons. The highest BCUT2D eigenvalue weighted by Gasteiger charge is 2.13. The summed E-state index contributed by atoms with van der Waals surface area (Å²) in [5.41, 5.74) is 3.14. The van der Waals surface area contributed by atoms with Gasteiger partial charge in [-0.3, -0.25) is 9.78 Å². The molecule has 0 atom stereocenters. The molecule has 2 aromatic heterocycles. The van der Waals surface area contributed by atoms with Crippen molar-refractivity contribution >= 4 is 17.2 Å². The number of carbonyl (C=O) groups is 1. The van der Waals surface area contributed by atoms with Crippen molar-refractivity contribution < 1.29 is 4.79 Å². The zero-order chi connectivity index (χ0) is 17.5. The van der Waals surface area contributed by atoms with Crippen molar-refractivity contribution in [1.82, 2.24) is 14.9 Å². The molecule has 5 heteroatoms. The highest BCUT2D eigenvalue weighted by Crippen LogP contribution is 2.23. The Kier molecular flexibility index (Phi) is 5.90. The third kappa shape index (κ3) is 4.73. The quantitative estimate of drug-likeness (QED) is 0.641. The first-order valence-electron chi connectivity index (χ1n) is 8.42. The maximum atomic E-state index is 12.5. The number of hydrogen-bond donors (Lipinski definition) is 0. The molecule has 0 aliphatic rings. The van der Waals surface area contributed by atoms with Crippen LogP contribution in [0.4, 0.5) is 0 Å². The molecule has 0 unspecified atom stereocenters. The van der Waals surface area contributed by atoms with Crippen LogP contribution >= 0.6 is 11.3 Å². The minimum absolute atomic E-state index is 0.169. The molecule has 3 aromatic rings. The van der Waals surface area contributed by atoms with Crippen LogP contribution in [-0.4, -0.2) is 27.3 Å². The molecule has 0 N–H and O–H groups in total. The molecule has 0 aliphatic carbocycles. The van der Waals surface area contributed by atoms with E-state index < -0.39 is 0 Å². The third-order valence-electron chi connectivity index (χ3n) is 4.01. The fraction of sp³-hybridized carbons (Fsp3) is 0.250. The molecule has 1 aromatic carbocycles. The van der Waals surface area contributed by atoms with Crippen LogP contribution in [0.1, 0.15) is 24.6 Å². The average molecular weight is 351 g/mol. The van der Waals surface area contributed by atoms with Gasteiger partial charge in [0.05, 0.1) is 5.69 Å². The first-order valence-corrected chi connectivity index (χ1v) is 9.30. The second kappa shape index (κ2) is 8.53. The highest BCUT2D eigenvalue weighted by molar-refractivity contribution is 7.13. The molecule has 128 valence electrons. The Balaban J connectivity index is 1.57. The standard InChI is InChI=1S/C20H21N3OS/c1-2-23(14-16-7-4-3-5-8-16)19(24)11-10-18-15-25-20(22-18)17-9-6-12-21-13-17/h3-9,12-13,15H,2,10-11,14H2,1H3. The Hall–Kier alpha value is -2.53. The van der Waals surface area contributed by atoms with Crippen LogP contribution in [0.3, 0.4) is 0 Å². The number of carbonyl (C=O) groups excluding carboxylic acids is 1. The van der Waals surface area contributed by atoms with Crippen LogP contribution < -0.4 is 0 Å². The maximum Gasteiger partial charge on any atom is 0.223 e. The molecule has 0 fully saturated rings. The van der Waals surface area contributed by atoms with Crippen molar-refractivity contribution in [3.63, 3.8) is 0 Å². The molecule has 3 rings (SSSR count). The maximum absolute atomic E-state index is 12.5. The van der Waals surface area contributed by atoms with Crippen molar-refractivity contribution in [3.05, 3.63) is 71.5 Å². The topological polar surface area (TPSA) is 46.1 Å². The van der Waals surface area contributed by atoms with E-state index in [4.69, 9.17) is 0 Å². The van der Waals surface area contributed by atoms with Crippen LogP contribution in [0.25, 0.3) is 10.6 Å². The van der Waals surface area contributed by atoms with E-state index in [1.54, 1.807) is 17.5 Å². The van der Waals surface area contributed by atoms with Crippen molar-refractivity contribution in [2.45, 2.75) is 26.3 Å². The van der Waals surface area contributed by atoms with E-state index in [1.165, 1.54) is 0 Å². The third-order valence-corrected chi connectivity index (χ3v) is 4.95. The second-order valence-corrected chi connectivity index (χ2v) is 6.64. The van der Waals surface area contributed by atoms with Gasteiger partial charge >= 0.3 is 0 Å². The van der Waals surface area contributed by atoms with Gasteiger partial charge in [0.1, 0.15) is 5.01 Å². The minimum Gasteiger partial charge on any atom is -0.339 e. The predicted octanol–water partition coefficient (Wildman–Crippen LogP) is 4.19. The summed E-state index contributed by atoms with van der Waals surface area (Å²) in [6, 6.07) is 14.0. The summed E-state index contributed by atoms with van der Waals surface area (Å²) in [6.07, 6.45) is 4.72. The van der Waals surface area contributed by atoms with Gasteiger partial charge < -0.3 is 4.90 Å². The van der Waals surface area contributed by atoms with E-state index in [0.717, 1.165) is 21.8 Å². The average Bonchev–Trinajstić information content (AvgIpc) is 3.15. The molecule has 0 saturated carbocycles. The molecule has 0 spiro atoms. The lowest BCUT2D eigenvalue weighted by Gasteiger charge is -2.20. The van der Waals surface area contributed by atoms with E-state index in [-0.39, 0.29) is 5.91 Å². The molecule has 2 heterocycles. The molecular formula is C20H21N3OS. The lowest BCUT2D eigenvalue weighted by Crippen LogP contribution is -2.30. The zero-order valence-electron chi connectivity index (χ0n) is 14.3. The number of aromatic nitrogens is 2. The molecule has 0 bridgehead atoms. The van der Waals surface area contributed by atoms with Crippen molar-refractivity contribution in [2.24, 2.45) is 0 Å². The van der Waals surface area contributed by atoms with Crippen LogP contribution in [-0.2, 0) is 17.8 Å². The van der Waals surface area contributed by atoms with Gasteiger partial charge in [0.2, 0.25) is 5.91 Å². The van der Waals surface area contributed by atoms with E-state index in [9.17, 15) is 4.79 Å². The Morgan fingerprint density at radius 1 is 1.16 bits per heavy atom. The van der Waals surface area contributed by atoms with E-state index in [1.807, 2.05) is 53.7 Å². The summed E-state index contributed by atoms with van der Waals surface area (Å²) in [7, 11) is 0. The van der Waals surface area contributed by atoms with Crippen LogP contribution in [0.2, 0.25) is 0 Å².